The molecule has 1 aliphatic heterocycles. The average molecular weight is 394 g/mol. The Labute approximate surface area is 157 Å². The molecular weight excluding hydrogens is 377 g/mol. The highest BCUT2D eigenvalue weighted by molar-refractivity contribution is 7.13. The van der Waals surface area contributed by atoms with Gasteiger partial charge in [-0.3, -0.25) is 4.79 Å². The van der Waals surface area contributed by atoms with Crippen molar-refractivity contribution < 1.29 is 18.0 Å². The van der Waals surface area contributed by atoms with Crippen LogP contribution in [0.1, 0.15) is 35.9 Å². The quantitative estimate of drug-likeness (QED) is 0.649. The molecule has 3 aromatic heterocycles. The lowest BCUT2D eigenvalue weighted by Crippen LogP contribution is -2.39. The molecule has 1 saturated heterocycles. The Morgan fingerprint density at radius 2 is 2.15 bits per heavy atom. The van der Waals surface area contributed by atoms with E-state index in [-0.39, 0.29) is 22.9 Å². The van der Waals surface area contributed by atoms with Gasteiger partial charge in [-0.15, -0.1) is 11.3 Å². The maximum absolute atomic E-state index is 13.6. The summed E-state index contributed by atoms with van der Waals surface area (Å²) in [7, 11) is 0. The van der Waals surface area contributed by atoms with Crippen molar-refractivity contribution in [1.29, 1.82) is 0 Å². The molecule has 0 saturated carbocycles. The Balaban J connectivity index is 1.80. The molecule has 9 heteroatoms. The van der Waals surface area contributed by atoms with Gasteiger partial charge < -0.3 is 4.90 Å². The lowest BCUT2D eigenvalue weighted by molar-refractivity contribution is -0.142. The second-order valence-corrected chi connectivity index (χ2v) is 7.75. The molecule has 0 spiro atoms. The largest absolute Gasteiger partial charge is 0.433 e. The van der Waals surface area contributed by atoms with Crippen molar-refractivity contribution in [2.45, 2.75) is 25.9 Å². The van der Waals surface area contributed by atoms with Crippen LogP contribution in [-0.2, 0) is 6.18 Å². The number of alkyl halides is 3. The molecule has 0 bridgehead atoms. The fourth-order valence-corrected chi connectivity index (χ4v) is 4.05. The van der Waals surface area contributed by atoms with Crippen LogP contribution in [0.3, 0.4) is 0 Å². The maximum Gasteiger partial charge on any atom is 0.433 e. The summed E-state index contributed by atoms with van der Waals surface area (Å²) in [5.41, 5.74) is -0.718. The third-order valence-electron chi connectivity index (χ3n) is 4.65. The molecule has 4 rings (SSSR count). The van der Waals surface area contributed by atoms with Gasteiger partial charge in [0.2, 0.25) is 0 Å². The number of hydrogen-bond donors (Lipinski definition) is 0. The van der Waals surface area contributed by atoms with E-state index in [1.54, 1.807) is 22.4 Å². The molecule has 0 aromatic carbocycles. The van der Waals surface area contributed by atoms with Crippen LogP contribution in [0.4, 0.5) is 13.2 Å². The van der Waals surface area contributed by atoms with Gasteiger partial charge in [0, 0.05) is 19.2 Å². The third-order valence-corrected chi connectivity index (χ3v) is 5.55. The van der Waals surface area contributed by atoms with Crippen molar-refractivity contribution in [3.8, 4) is 10.6 Å². The number of nitrogens with zero attached hydrogens (tertiary/aromatic N) is 4. The van der Waals surface area contributed by atoms with E-state index < -0.39 is 11.9 Å². The van der Waals surface area contributed by atoms with E-state index >= 15 is 0 Å². The first kappa shape index (κ1) is 18.0. The van der Waals surface area contributed by atoms with E-state index in [1.165, 1.54) is 17.4 Å². The number of carbonyl (C=O) groups excluding carboxylic acids is 1. The minimum Gasteiger partial charge on any atom is -0.337 e. The molecule has 1 fully saturated rings. The van der Waals surface area contributed by atoms with Gasteiger partial charge in [0.25, 0.3) is 5.91 Å². The van der Waals surface area contributed by atoms with Crippen LogP contribution in [0.2, 0.25) is 0 Å². The van der Waals surface area contributed by atoms with E-state index in [9.17, 15) is 18.0 Å². The van der Waals surface area contributed by atoms with Gasteiger partial charge in [-0.1, -0.05) is 13.0 Å². The molecule has 1 atom stereocenters. The fourth-order valence-electron chi connectivity index (χ4n) is 3.37. The molecular formula is C18H17F3N4OS. The Morgan fingerprint density at radius 1 is 1.33 bits per heavy atom. The van der Waals surface area contributed by atoms with E-state index in [4.69, 9.17) is 0 Å². The van der Waals surface area contributed by atoms with Crippen LogP contribution in [-0.4, -0.2) is 38.5 Å². The Hall–Kier alpha value is -2.42. The van der Waals surface area contributed by atoms with Gasteiger partial charge in [0.1, 0.15) is 0 Å². The SMILES string of the molecule is C[C@@H]1CCCN(C(=O)c2cc3nc(-c4cccs4)cc(C(F)(F)F)n3n2)C1. The monoisotopic (exact) mass is 394 g/mol. The normalized spacial score (nSPS) is 18.2. The van der Waals surface area contributed by atoms with E-state index in [0.717, 1.165) is 23.4 Å². The number of fused-ring (bicyclic) bond motifs is 1. The minimum absolute atomic E-state index is 0.00886. The van der Waals surface area contributed by atoms with Crippen LogP contribution < -0.4 is 0 Å². The number of aromatic nitrogens is 3. The predicted molar refractivity (Wildman–Crippen MR) is 95.6 cm³/mol. The van der Waals surface area contributed by atoms with Crippen LogP contribution in [0.25, 0.3) is 16.2 Å². The van der Waals surface area contributed by atoms with Crippen molar-refractivity contribution in [1.82, 2.24) is 19.5 Å². The molecule has 3 aromatic rings. The van der Waals surface area contributed by atoms with Crippen LogP contribution >= 0.6 is 11.3 Å². The van der Waals surface area contributed by atoms with Crippen molar-refractivity contribution in [3.63, 3.8) is 0 Å². The Bertz CT molecular complexity index is 981. The molecule has 0 N–H and O–H groups in total. The number of rotatable bonds is 2. The highest BCUT2D eigenvalue weighted by atomic mass is 32.1. The summed E-state index contributed by atoms with van der Waals surface area (Å²) in [6, 6.07) is 5.78. The molecule has 1 amide bonds. The highest BCUT2D eigenvalue weighted by Crippen LogP contribution is 2.33. The summed E-state index contributed by atoms with van der Waals surface area (Å²) in [5.74, 6) is 0.0203. The standard InChI is InChI=1S/C18H17F3N4OS/c1-11-4-2-6-24(10-11)17(26)13-9-16-22-12(14-5-3-7-27-14)8-15(18(19,20)21)25(16)23-13/h3,5,7-9,11H,2,4,6,10H2,1H3/t11-/m1/s1. The lowest BCUT2D eigenvalue weighted by atomic mass is 10.0. The molecule has 4 heterocycles. The first-order valence-corrected chi connectivity index (χ1v) is 9.52. The number of halogens is 3. The molecule has 0 aliphatic carbocycles. The van der Waals surface area contributed by atoms with Gasteiger partial charge in [-0.05, 0) is 36.3 Å². The van der Waals surface area contributed by atoms with Gasteiger partial charge in [-0.2, -0.15) is 18.3 Å². The molecule has 5 nitrogen and oxygen atoms in total. The number of piperidine rings is 1. The van der Waals surface area contributed by atoms with Gasteiger partial charge in [0.15, 0.2) is 17.0 Å². The lowest BCUT2D eigenvalue weighted by Gasteiger charge is -2.30. The van der Waals surface area contributed by atoms with Crippen molar-refractivity contribution in [2.24, 2.45) is 5.92 Å². The number of amides is 1. The predicted octanol–water partition coefficient (Wildman–Crippen LogP) is 4.35. The summed E-state index contributed by atoms with van der Waals surface area (Å²) in [4.78, 5) is 19.3. The Morgan fingerprint density at radius 3 is 2.81 bits per heavy atom. The van der Waals surface area contributed by atoms with Gasteiger partial charge >= 0.3 is 6.18 Å². The van der Waals surface area contributed by atoms with Crippen molar-refractivity contribution >= 4 is 22.9 Å². The average Bonchev–Trinajstić information content (AvgIpc) is 3.28. The van der Waals surface area contributed by atoms with Crippen molar-refractivity contribution in [3.05, 3.63) is 41.0 Å². The second-order valence-electron chi connectivity index (χ2n) is 6.80. The molecule has 142 valence electrons. The van der Waals surface area contributed by atoms with Crippen LogP contribution in [0, 0.1) is 5.92 Å². The molecule has 1 aliphatic rings. The zero-order valence-electron chi connectivity index (χ0n) is 14.5. The summed E-state index contributed by atoms with van der Waals surface area (Å²) in [6.45, 7) is 3.24. The van der Waals surface area contributed by atoms with Crippen LogP contribution in [0.5, 0.6) is 0 Å². The van der Waals surface area contributed by atoms with Crippen LogP contribution in [0.15, 0.2) is 29.6 Å². The zero-order chi connectivity index (χ0) is 19.2. The molecule has 0 unspecified atom stereocenters. The molecule has 27 heavy (non-hydrogen) atoms. The number of thiophene rings is 1. The zero-order valence-corrected chi connectivity index (χ0v) is 15.3. The third kappa shape index (κ3) is 3.43. The van der Waals surface area contributed by atoms with E-state index in [2.05, 4.69) is 17.0 Å². The number of hydrogen-bond acceptors (Lipinski definition) is 4. The topological polar surface area (TPSA) is 50.5 Å². The fraction of sp³-hybridized carbons (Fsp3) is 0.389. The van der Waals surface area contributed by atoms with Crippen molar-refractivity contribution in [2.75, 3.05) is 13.1 Å². The number of carbonyl (C=O) groups is 1. The smallest absolute Gasteiger partial charge is 0.337 e. The van der Waals surface area contributed by atoms with Gasteiger partial charge in [0.05, 0.1) is 10.6 Å². The van der Waals surface area contributed by atoms with Gasteiger partial charge in [-0.25, -0.2) is 9.50 Å². The maximum atomic E-state index is 13.6. The summed E-state index contributed by atoms with van der Waals surface area (Å²) in [6.07, 6.45) is -2.69. The van der Waals surface area contributed by atoms with E-state index in [1.807, 2.05) is 0 Å². The highest BCUT2D eigenvalue weighted by Gasteiger charge is 2.36. The summed E-state index contributed by atoms with van der Waals surface area (Å²) in [5, 5.41) is 5.72. The first-order valence-electron chi connectivity index (χ1n) is 8.64. The first-order chi connectivity index (χ1) is 12.8. The van der Waals surface area contributed by atoms with E-state index in [0.29, 0.717) is 23.9 Å². The second kappa shape index (κ2) is 6.63. The minimum atomic E-state index is -4.61. The molecule has 0 radical (unpaired) electrons. The summed E-state index contributed by atoms with van der Waals surface area (Å²) >= 11 is 1.31. The Kier molecular flexibility index (Phi) is 4.41. The summed E-state index contributed by atoms with van der Waals surface area (Å²) < 4.78 is 41.4. The number of likely N-dealkylation sites (tertiary alicyclic amines) is 1.